The number of halogens is 1. The number of carbonyl (C=O) groups excluding carboxylic acids is 2. The lowest BCUT2D eigenvalue weighted by Gasteiger charge is -2.40. The summed E-state index contributed by atoms with van der Waals surface area (Å²) in [7, 11) is 2.00. The molecule has 1 atom stereocenters. The van der Waals surface area contributed by atoms with E-state index in [4.69, 9.17) is 0 Å². The van der Waals surface area contributed by atoms with Gasteiger partial charge >= 0.3 is 0 Å². The lowest BCUT2D eigenvalue weighted by Crippen LogP contribution is -2.50. The summed E-state index contributed by atoms with van der Waals surface area (Å²) < 4.78 is 14.1. The molecular formula is C23H25FN4O2. The van der Waals surface area contributed by atoms with E-state index >= 15 is 0 Å². The average Bonchev–Trinajstić information content (AvgIpc) is 3.28. The third-order valence-corrected chi connectivity index (χ3v) is 6.54. The molecule has 0 radical (unpaired) electrons. The second-order valence-corrected chi connectivity index (χ2v) is 8.19. The van der Waals surface area contributed by atoms with Crippen LogP contribution in [0, 0.1) is 5.82 Å². The molecule has 2 aromatic rings. The highest BCUT2D eigenvalue weighted by atomic mass is 19.1. The molecule has 0 aromatic heterocycles. The Morgan fingerprint density at radius 1 is 1.00 bits per heavy atom. The molecule has 0 bridgehead atoms. The predicted octanol–water partition coefficient (Wildman–Crippen LogP) is 2.80. The van der Waals surface area contributed by atoms with E-state index in [1.54, 1.807) is 24.3 Å². The number of hydrogen-bond donors (Lipinski definition) is 0. The Balaban J connectivity index is 1.33. The molecule has 1 unspecified atom stereocenters. The van der Waals surface area contributed by atoms with Crippen molar-refractivity contribution >= 4 is 23.2 Å². The number of anilines is 2. The van der Waals surface area contributed by atoms with Gasteiger partial charge in [0.2, 0.25) is 0 Å². The maximum atomic E-state index is 14.1. The molecule has 3 heterocycles. The van der Waals surface area contributed by atoms with Crippen molar-refractivity contribution in [2.45, 2.75) is 19.0 Å². The minimum absolute atomic E-state index is 0.0410. The molecule has 2 fully saturated rings. The summed E-state index contributed by atoms with van der Waals surface area (Å²) in [6.45, 7) is 3.05. The Hall–Kier alpha value is -3.09. The van der Waals surface area contributed by atoms with Crippen LogP contribution >= 0.6 is 0 Å². The second-order valence-electron chi connectivity index (χ2n) is 8.19. The van der Waals surface area contributed by atoms with Crippen LogP contribution in [0.5, 0.6) is 0 Å². The summed E-state index contributed by atoms with van der Waals surface area (Å²) in [5.74, 6) is -0.218. The molecule has 7 heteroatoms. The summed E-state index contributed by atoms with van der Waals surface area (Å²) in [6.07, 6.45) is 2.05. The molecule has 3 aliphatic rings. The van der Waals surface area contributed by atoms with E-state index in [1.165, 1.54) is 6.07 Å². The molecule has 5 rings (SSSR count). The first-order chi connectivity index (χ1) is 14.5. The zero-order valence-electron chi connectivity index (χ0n) is 17.1. The van der Waals surface area contributed by atoms with E-state index in [9.17, 15) is 14.0 Å². The van der Waals surface area contributed by atoms with Crippen LogP contribution in [0.3, 0.4) is 0 Å². The van der Waals surface area contributed by atoms with Crippen molar-refractivity contribution in [1.29, 1.82) is 0 Å². The lowest BCUT2D eigenvalue weighted by atomic mass is 10.0. The number of fused-ring (bicyclic) bond motifs is 2. The molecule has 0 aliphatic carbocycles. The third kappa shape index (κ3) is 3.00. The van der Waals surface area contributed by atoms with E-state index in [2.05, 4.69) is 4.90 Å². The van der Waals surface area contributed by atoms with Gasteiger partial charge in [-0.2, -0.15) is 0 Å². The molecule has 156 valence electrons. The van der Waals surface area contributed by atoms with Gasteiger partial charge in [-0.15, -0.1) is 0 Å². The van der Waals surface area contributed by atoms with E-state index < -0.39 is 0 Å². The maximum absolute atomic E-state index is 14.1. The number of piperazine rings is 1. The fraction of sp³-hybridized carbons (Fsp3) is 0.391. The number of rotatable bonds is 2. The topological polar surface area (TPSA) is 47.1 Å². The van der Waals surface area contributed by atoms with Crippen LogP contribution < -0.4 is 9.80 Å². The molecule has 30 heavy (non-hydrogen) atoms. The molecule has 3 aliphatic heterocycles. The Morgan fingerprint density at radius 2 is 1.77 bits per heavy atom. The van der Waals surface area contributed by atoms with Crippen molar-refractivity contribution in [1.82, 2.24) is 9.80 Å². The largest absolute Gasteiger partial charge is 0.366 e. The molecule has 2 amide bonds. The quantitative estimate of drug-likeness (QED) is 0.767. The summed E-state index contributed by atoms with van der Waals surface area (Å²) in [6, 6.07) is 12.1. The second kappa shape index (κ2) is 7.31. The molecular weight excluding hydrogens is 383 g/mol. The van der Waals surface area contributed by atoms with E-state index in [0.717, 1.165) is 25.1 Å². The molecule has 0 spiro atoms. The predicted molar refractivity (Wildman–Crippen MR) is 113 cm³/mol. The standard InChI is InChI=1S/C23H25FN4O2/c1-25-20-15-16(8-9-17(20)23(30)28-10-4-7-21(25)28)22(29)27-13-11-26(12-14-27)19-6-3-2-5-18(19)24/h2-3,5-6,8-9,15,21H,4,7,10-14H2,1H3. The summed E-state index contributed by atoms with van der Waals surface area (Å²) in [4.78, 5) is 33.8. The van der Waals surface area contributed by atoms with Crippen molar-refractivity contribution in [3.05, 3.63) is 59.4 Å². The lowest BCUT2D eigenvalue weighted by molar-refractivity contribution is 0.0713. The molecule has 0 N–H and O–H groups in total. The summed E-state index contributed by atoms with van der Waals surface area (Å²) >= 11 is 0. The number of carbonyl (C=O) groups is 2. The number of hydrogen-bond acceptors (Lipinski definition) is 4. The first kappa shape index (κ1) is 18.9. The Morgan fingerprint density at radius 3 is 2.53 bits per heavy atom. The third-order valence-electron chi connectivity index (χ3n) is 6.54. The van der Waals surface area contributed by atoms with Crippen LogP contribution in [0.15, 0.2) is 42.5 Å². The van der Waals surface area contributed by atoms with Crippen LogP contribution in [0.1, 0.15) is 33.6 Å². The van der Waals surface area contributed by atoms with Crippen LogP contribution in [0.2, 0.25) is 0 Å². The van der Waals surface area contributed by atoms with Crippen molar-refractivity contribution in [2.24, 2.45) is 0 Å². The van der Waals surface area contributed by atoms with E-state index in [0.29, 0.717) is 43.0 Å². The zero-order valence-corrected chi connectivity index (χ0v) is 17.1. The highest BCUT2D eigenvalue weighted by molar-refractivity contribution is 6.04. The minimum Gasteiger partial charge on any atom is -0.366 e. The minimum atomic E-state index is -0.236. The zero-order chi connectivity index (χ0) is 20.8. The molecule has 6 nitrogen and oxygen atoms in total. The van der Waals surface area contributed by atoms with Gasteiger partial charge in [-0.05, 0) is 43.2 Å². The van der Waals surface area contributed by atoms with Gasteiger partial charge in [0.25, 0.3) is 11.8 Å². The number of para-hydroxylation sites is 1. The van der Waals surface area contributed by atoms with Crippen molar-refractivity contribution in [3.63, 3.8) is 0 Å². The maximum Gasteiger partial charge on any atom is 0.257 e. The summed E-state index contributed by atoms with van der Waals surface area (Å²) in [5.41, 5.74) is 2.68. The Bertz CT molecular complexity index is 1000. The van der Waals surface area contributed by atoms with Crippen LogP contribution in [-0.4, -0.2) is 67.6 Å². The molecule has 0 saturated carbocycles. The van der Waals surface area contributed by atoms with Crippen molar-refractivity contribution in [2.75, 3.05) is 49.6 Å². The van der Waals surface area contributed by atoms with Crippen LogP contribution in [-0.2, 0) is 0 Å². The fourth-order valence-corrected chi connectivity index (χ4v) is 4.88. The van der Waals surface area contributed by atoms with Gasteiger partial charge < -0.3 is 19.6 Å². The van der Waals surface area contributed by atoms with Gasteiger partial charge in [-0.25, -0.2) is 4.39 Å². The monoisotopic (exact) mass is 408 g/mol. The molecule has 2 saturated heterocycles. The highest BCUT2D eigenvalue weighted by Gasteiger charge is 2.39. The Kier molecular flexibility index (Phi) is 4.60. The smallest absolute Gasteiger partial charge is 0.257 e. The number of benzene rings is 2. The highest BCUT2D eigenvalue weighted by Crippen LogP contribution is 2.35. The number of amides is 2. The van der Waals surface area contributed by atoms with Gasteiger partial charge in [0.15, 0.2) is 0 Å². The SMILES string of the molecule is CN1c2cc(C(=O)N3CCN(c4ccccc4F)CC3)ccc2C(=O)N2CCCC21. The first-order valence-corrected chi connectivity index (χ1v) is 10.5. The van der Waals surface area contributed by atoms with E-state index in [1.807, 2.05) is 33.9 Å². The van der Waals surface area contributed by atoms with E-state index in [-0.39, 0.29) is 23.8 Å². The molecule has 2 aromatic carbocycles. The van der Waals surface area contributed by atoms with Crippen molar-refractivity contribution < 1.29 is 14.0 Å². The van der Waals surface area contributed by atoms with Gasteiger partial charge in [0, 0.05) is 45.3 Å². The van der Waals surface area contributed by atoms with Gasteiger partial charge in [0.1, 0.15) is 12.0 Å². The van der Waals surface area contributed by atoms with Crippen molar-refractivity contribution in [3.8, 4) is 0 Å². The first-order valence-electron chi connectivity index (χ1n) is 10.5. The Labute approximate surface area is 175 Å². The van der Waals surface area contributed by atoms with Gasteiger partial charge in [-0.3, -0.25) is 9.59 Å². The van der Waals surface area contributed by atoms with Gasteiger partial charge in [-0.1, -0.05) is 12.1 Å². The summed E-state index contributed by atoms with van der Waals surface area (Å²) in [5, 5.41) is 0. The van der Waals surface area contributed by atoms with Crippen LogP contribution in [0.25, 0.3) is 0 Å². The van der Waals surface area contributed by atoms with Crippen LogP contribution in [0.4, 0.5) is 15.8 Å². The average molecular weight is 408 g/mol. The van der Waals surface area contributed by atoms with Gasteiger partial charge in [0.05, 0.1) is 16.9 Å². The fourth-order valence-electron chi connectivity index (χ4n) is 4.88. The normalized spacial score (nSPS) is 21.0. The number of nitrogens with zero attached hydrogens (tertiary/aromatic N) is 4.